The van der Waals surface area contributed by atoms with E-state index in [1.165, 1.54) is 0 Å². The number of nitrogen functional groups attached to an aromatic ring is 1. The molecule has 2 rings (SSSR count). The summed E-state index contributed by atoms with van der Waals surface area (Å²) in [6, 6.07) is 5.56. The van der Waals surface area contributed by atoms with Crippen molar-refractivity contribution in [2.45, 2.75) is 0 Å². The largest absolute Gasteiger partial charge is 0.497 e. The third-order valence-electron chi connectivity index (χ3n) is 1.97. The Balaban J connectivity index is 2.48. The van der Waals surface area contributed by atoms with Crippen LogP contribution in [0.25, 0.3) is 11.3 Å². The van der Waals surface area contributed by atoms with Gasteiger partial charge in [-0.3, -0.25) is 0 Å². The highest BCUT2D eigenvalue weighted by Crippen LogP contribution is 2.25. The quantitative estimate of drug-likeness (QED) is 0.706. The molecule has 0 amide bonds. The molecule has 2 aromatic rings. The highest BCUT2D eigenvalue weighted by Gasteiger charge is 2.02. The SMILES string of the molecule is COc1cc(N)cc(-c2cnc[nH]2)c1. The van der Waals surface area contributed by atoms with Gasteiger partial charge in [0.25, 0.3) is 0 Å². The third-order valence-corrected chi connectivity index (χ3v) is 1.97. The lowest BCUT2D eigenvalue weighted by molar-refractivity contribution is 0.415. The minimum Gasteiger partial charge on any atom is -0.497 e. The summed E-state index contributed by atoms with van der Waals surface area (Å²) in [5, 5.41) is 0. The second kappa shape index (κ2) is 3.41. The van der Waals surface area contributed by atoms with E-state index in [1.54, 1.807) is 25.7 Å². The van der Waals surface area contributed by atoms with Gasteiger partial charge in [0, 0.05) is 17.3 Å². The van der Waals surface area contributed by atoms with Crippen molar-refractivity contribution in [2.24, 2.45) is 0 Å². The van der Waals surface area contributed by atoms with E-state index in [2.05, 4.69) is 9.97 Å². The fourth-order valence-corrected chi connectivity index (χ4v) is 1.31. The van der Waals surface area contributed by atoms with Crippen LogP contribution < -0.4 is 10.5 Å². The number of nitrogens with one attached hydrogen (secondary N) is 1. The number of aromatic nitrogens is 2. The highest BCUT2D eigenvalue weighted by atomic mass is 16.5. The summed E-state index contributed by atoms with van der Waals surface area (Å²) < 4.78 is 5.12. The topological polar surface area (TPSA) is 63.9 Å². The minimum atomic E-state index is 0.675. The molecular formula is C10H11N3O. The number of ether oxygens (including phenoxy) is 1. The maximum atomic E-state index is 5.73. The van der Waals surface area contributed by atoms with Crippen molar-refractivity contribution in [1.82, 2.24) is 9.97 Å². The molecule has 0 aliphatic carbocycles. The van der Waals surface area contributed by atoms with Gasteiger partial charge in [0.15, 0.2) is 0 Å². The molecule has 0 aliphatic rings. The molecule has 0 spiro atoms. The molecular weight excluding hydrogens is 178 g/mol. The van der Waals surface area contributed by atoms with Gasteiger partial charge < -0.3 is 15.5 Å². The Morgan fingerprint density at radius 1 is 1.36 bits per heavy atom. The highest BCUT2D eigenvalue weighted by molar-refractivity contribution is 5.66. The summed E-state index contributed by atoms with van der Waals surface area (Å²) in [5.74, 6) is 0.745. The molecule has 1 aromatic carbocycles. The van der Waals surface area contributed by atoms with Gasteiger partial charge in [-0.05, 0) is 12.1 Å². The molecule has 3 N–H and O–H groups in total. The van der Waals surface area contributed by atoms with E-state index in [9.17, 15) is 0 Å². The number of H-pyrrole nitrogens is 1. The number of hydrogen-bond acceptors (Lipinski definition) is 3. The van der Waals surface area contributed by atoms with Crippen LogP contribution in [0.4, 0.5) is 5.69 Å². The van der Waals surface area contributed by atoms with Crippen LogP contribution in [0.5, 0.6) is 5.75 Å². The number of hydrogen-bond donors (Lipinski definition) is 2. The lowest BCUT2D eigenvalue weighted by Crippen LogP contribution is -1.89. The molecule has 4 heteroatoms. The standard InChI is InChI=1S/C10H11N3O/c1-14-9-3-7(2-8(11)4-9)10-5-12-6-13-10/h2-6H,11H2,1H3,(H,12,13). The smallest absolute Gasteiger partial charge is 0.121 e. The first-order chi connectivity index (χ1) is 6.79. The fourth-order valence-electron chi connectivity index (χ4n) is 1.31. The number of nitrogens with two attached hydrogens (primary N) is 1. The Hall–Kier alpha value is -1.97. The number of methoxy groups -OCH3 is 1. The average molecular weight is 189 g/mol. The lowest BCUT2D eigenvalue weighted by atomic mass is 10.1. The number of rotatable bonds is 2. The van der Waals surface area contributed by atoms with Gasteiger partial charge in [-0.2, -0.15) is 0 Å². The summed E-state index contributed by atoms with van der Waals surface area (Å²) in [4.78, 5) is 6.96. The Morgan fingerprint density at radius 2 is 2.21 bits per heavy atom. The average Bonchev–Trinajstić information content (AvgIpc) is 2.69. The summed E-state index contributed by atoms with van der Waals surface area (Å²) in [6.07, 6.45) is 3.37. The molecule has 1 heterocycles. The van der Waals surface area contributed by atoms with Gasteiger partial charge in [-0.1, -0.05) is 0 Å². The molecule has 0 saturated carbocycles. The molecule has 72 valence electrons. The molecule has 0 radical (unpaired) electrons. The van der Waals surface area contributed by atoms with E-state index < -0.39 is 0 Å². The Labute approximate surface area is 81.7 Å². The van der Waals surface area contributed by atoms with Crippen molar-refractivity contribution < 1.29 is 4.74 Å². The van der Waals surface area contributed by atoms with Crippen LogP contribution in [0, 0.1) is 0 Å². The Bertz CT molecular complexity index is 423. The van der Waals surface area contributed by atoms with E-state index in [-0.39, 0.29) is 0 Å². The molecule has 0 fully saturated rings. The van der Waals surface area contributed by atoms with Crippen LogP contribution in [-0.4, -0.2) is 17.1 Å². The van der Waals surface area contributed by atoms with E-state index >= 15 is 0 Å². The molecule has 0 atom stereocenters. The Kier molecular flexibility index (Phi) is 2.10. The molecule has 0 aliphatic heterocycles. The number of aromatic amines is 1. The van der Waals surface area contributed by atoms with Crippen molar-refractivity contribution in [2.75, 3.05) is 12.8 Å². The normalized spacial score (nSPS) is 10.1. The zero-order valence-electron chi connectivity index (χ0n) is 7.82. The van der Waals surface area contributed by atoms with Crippen LogP contribution >= 0.6 is 0 Å². The zero-order valence-corrected chi connectivity index (χ0v) is 7.82. The van der Waals surface area contributed by atoms with Crippen LogP contribution in [0.15, 0.2) is 30.7 Å². The fraction of sp³-hybridized carbons (Fsp3) is 0.100. The summed E-state index contributed by atoms with van der Waals surface area (Å²) in [6.45, 7) is 0. The lowest BCUT2D eigenvalue weighted by Gasteiger charge is -2.04. The molecule has 1 aromatic heterocycles. The monoisotopic (exact) mass is 189 g/mol. The molecule has 0 unspecified atom stereocenters. The summed E-state index contributed by atoms with van der Waals surface area (Å²) >= 11 is 0. The number of benzene rings is 1. The van der Waals surface area contributed by atoms with Crippen molar-refractivity contribution >= 4 is 5.69 Å². The van der Waals surface area contributed by atoms with Gasteiger partial charge in [0.2, 0.25) is 0 Å². The van der Waals surface area contributed by atoms with E-state index in [0.717, 1.165) is 17.0 Å². The van der Waals surface area contributed by atoms with E-state index in [0.29, 0.717) is 5.69 Å². The van der Waals surface area contributed by atoms with Gasteiger partial charge in [-0.15, -0.1) is 0 Å². The first kappa shape index (κ1) is 8.62. The van der Waals surface area contributed by atoms with Crippen LogP contribution in [0.2, 0.25) is 0 Å². The van der Waals surface area contributed by atoms with Crippen molar-refractivity contribution in [3.05, 3.63) is 30.7 Å². The van der Waals surface area contributed by atoms with Crippen molar-refractivity contribution in [1.29, 1.82) is 0 Å². The Morgan fingerprint density at radius 3 is 2.86 bits per heavy atom. The van der Waals surface area contributed by atoms with Gasteiger partial charge in [-0.25, -0.2) is 4.98 Å². The van der Waals surface area contributed by atoms with Gasteiger partial charge >= 0.3 is 0 Å². The van der Waals surface area contributed by atoms with E-state index in [4.69, 9.17) is 10.5 Å². The maximum Gasteiger partial charge on any atom is 0.121 e. The first-order valence-corrected chi connectivity index (χ1v) is 4.23. The second-order valence-corrected chi connectivity index (χ2v) is 2.96. The molecule has 14 heavy (non-hydrogen) atoms. The van der Waals surface area contributed by atoms with Crippen LogP contribution in [-0.2, 0) is 0 Å². The maximum absolute atomic E-state index is 5.73. The zero-order chi connectivity index (χ0) is 9.97. The van der Waals surface area contributed by atoms with Crippen molar-refractivity contribution in [3.63, 3.8) is 0 Å². The first-order valence-electron chi connectivity index (χ1n) is 4.23. The predicted octanol–water partition coefficient (Wildman–Crippen LogP) is 1.67. The van der Waals surface area contributed by atoms with Gasteiger partial charge in [0.1, 0.15) is 5.75 Å². The summed E-state index contributed by atoms with van der Waals surface area (Å²) in [7, 11) is 1.62. The number of anilines is 1. The van der Waals surface area contributed by atoms with Crippen LogP contribution in [0.3, 0.4) is 0 Å². The number of nitrogens with zero attached hydrogens (tertiary/aromatic N) is 1. The van der Waals surface area contributed by atoms with Crippen molar-refractivity contribution in [3.8, 4) is 17.0 Å². The number of imidazole rings is 1. The second-order valence-electron chi connectivity index (χ2n) is 2.96. The molecule has 4 nitrogen and oxygen atoms in total. The van der Waals surface area contributed by atoms with Crippen LogP contribution in [0.1, 0.15) is 0 Å². The summed E-state index contributed by atoms with van der Waals surface area (Å²) in [5.41, 5.74) is 8.30. The van der Waals surface area contributed by atoms with E-state index in [1.807, 2.05) is 12.1 Å². The minimum absolute atomic E-state index is 0.675. The predicted molar refractivity (Wildman–Crippen MR) is 55.0 cm³/mol. The molecule has 0 saturated heterocycles. The third kappa shape index (κ3) is 1.54. The molecule has 0 bridgehead atoms. The van der Waals surface area contributed by atoms with Gasteiger partial charge in [0.05, 0.1) is 25.3 Å².